The standard InChI is InChI=1S/C17H17N3O4S2/c1-9(2)14(17(23)24)19-12(21)6-20-8-18-15-13(16(20)22)10(7-26-15)11-4-3-5-25-11/h3-5,7-9,14H,6H2,1-2H3,(H,19,21)(H,23,24)/t14-/m0/s1. The monoisotopic (exact) mass is 391 g/mol. The number of carbonyl (C=O) groups is 2. The first-order chi connectivity index (χ1) is 12.4. The lowest BCUT2D eigenvalue weighted by atomic mass is 10.1. The Kier molecular flexibility index (Phi) is 5.19. The van der Waals surface area contributed by atoms with Crippen LogP contribution in [0, 0.1) is 5.92 Å². The van der Waals surface area contributed by atoms with Gasteiger partial charge in [0.2, 0.25) is 5.91 Å². The molecular formula is C17H17N3O4S2. The summed E-state index contributed by atoms with van der Waals surface area (Å²) in [4.78, 5) is 42.1. The maximum atomic E-state index is 12.8. The number of rotatable bonds is 6. The largest absolute Gasteiger partial charge is 0.480 e. The van der Waals surface area contributed by atoms with Crippen molar-refractivity contribution in [3.63, 3.8) is 0 Å². The Morgan fingerprint density at radius 3 is 2.73 bits per heavy atom. The molecule has 3 heterocycles. The van der Waals surface area contributed by atoms with Gasteiger partial charge < -0.3 is 10.4 Å². The highest BCUT2D eigenvalue weighted by molar-refractivity contribution is 7.18. The average Bonchev–Trinajstić information content (AvgIpc) is 3.23. The Hall–Kier alpha value is -2.52. The lowest BCUT2D eigenvalue weighted by Crippen LogP contribution is -2.46. The Bertz CT molecular complexity index is 1000. The highest BCUT2D eigenvalue weighted by Crippen LogP contribution is 2.33. The van der Waals surface area contributed by atoms with Crippen molar-refractivity contribution in [3.05, 3.63) is 39.6 Å². The number of nitrogens with zero attached hydrogens (tertiary/aromatic N) is 2. The molecule has 2 N–H and O–H groups in total. The van der Waals surface area contributed by atoms with E-state index in [1.54, 1.807) is 13.8 Å². The molecule has 0 saturated carbocycles. The molecule has 136 valence electrons. The highest BCUT2D eigenvalue weighted by atomic mass is 32.1. The number of nitrogens with one attached hydrogen (secondary N) is 1. The van der Waals surface area contributed by atoms with Crippen LogP contribution in [-0.2, 0) is 16.1 Å². The SMILES string of the molecule is CC(C)[C@H](NC(=O)Cn1cnc2scc(-c3cccs3)c2c1=O)C(=O)O. The summed E-state index contributed by atoms with van der Waals surface area (Å²) in [5.74, 6) is -1.91. The van der Waals surface area contributed by atoms with Crippen LogP contribution in [0.25, 0.3) is 20.7 Å². The van der Waals surface area contributed by atoms with Gasteiger partial charge in [-0.1, -0.05) is 19.9 Å². The van der Waals surface area contributed by atoms with Crippen molar-refractivity contribution in [1.29, 1.82) is 0 Å². The number of carboxylic acid groups (broad SMARTS) is 1. The van der Waals surface area contributed by atoms with Crippen molar-refractivity contribution in [2.45, 2.75) is 26.4 Å². The molecule has 3 rings (SSSR count). The average molecular weight is 391 g/mol. The number of fused-ring (bicyclic) bond motifs is 1. The van der Waals surface area contributed by atoms with Gasteiger partial charge in [-0.2, -0.15) is 0 Å². The van der Waals surface area contributed by atoms with Crippen molar-refractivity contribution in [3.8, 4) is 10.4 Å². The summed E-state index contributed by atoms with van der Waals surface area (Å²) in [6.07, 6.45) is 1.32. The molecule has 0 unspecified atom stereocenters. The first kappa shape index (κ1) is 18.3. The van der Waals surface area contributed by atoms with Crippen molar-refractivity contribution in [2.75, 3.05) is 0 Å². The summed E-state index contributed by atoms with van der Waals surface area (Å²) in [7, 11) is 0. The number of thiophene rings is 2. The molecule has 0 bridgehead atoms. The number of hydrogen-bond donors (Lipinski definition) is 2. The molecule has 1 amide bonds. The van der Waals surface area contributed by atoms with E-state index < -0.39 is 17.9 Å². The molecule has 26 heavy (non-hydrogen) atoms. The van der Waals surface area contributed by atoms with Crippen LogP contribution < -0.4 is 10.9 Å². The van der Waals surface area contributed by atoms with Gasteiger partial charge in [0.05, 0.1) is 11.7 Å². The number of aromatic nitrogens is 2. The molecule has 9 heteroatoms. The molecule has 0 spiro atoms. The fraction of sp³-hybridized carbons (Fsp3) is 0.294. The fourth-order valence-corrected chi connectivity index (χ4v) is 4.30. The molecule has 0 aliphatic heterocycles. The molecule has 3 aromatic rings. The lowest BCUT2D eigenvalue weighted by Gasteiger charge is -2.18. The van der Waals surface area contributed by atoms with Crippen molar-refractivity contribution >= 4 is 44.8 Å². The third kappa shape index (κ3) is 3.54. The third-order valence-corrected chi connectivity index (χ3v) is 5.70. The van der Waals surface area contributed by atoms with Crippen molar-refractivity contribution < 1.29 is 14.7 Å². The minimum absolute atomic E-state index is 0.268. The number of carboxylic acids is 1. The van der Waals surface area contributed by atoms with Gasteiger partial charge >= 0.3 is 5.97 Å². The Morgan fingerprint density at radius 2 is 2.12 bits per heavy atom. The molecule has 0 fully saturated rings. The highest BCUT2D eigenvalue weighted by Gasteiger charge is 2.24. The van der Waals surface area contributed by atoms with Crippen LogP contribution in [0.4, 0.5) is 0 Å². The van der Waals surface area contributed by atoms with E-state index >= 15 is 0 Å². The summed E-state index contributed by atoms with van der Waals surface area (Å²) in [6.45, 7) is 3.13. The summed E-state index contributed by atoms with van der Waals surface area (Å²) in [5, 5.41) is 15.9. The van der Waals surface area contributed by atoms with Gasteiger partial charge in [0.15, 0.2) is 0 Å². The van der Waals surface area contributed by atoms with Gasteiger partial charge in [0, 0.05) is 15.8 Å². The normalized spacial score (nSPS) is 12.4. The molecule has 0 aromatic carbocycles. The van der Waals surface area contributed by atoms with Crippen LogP contribution >= 0.6 is 22.7 Å². The molecule has 0 saturated heterocycles. The Balaban J connectivity index is 1.90. The number of carbonyl (C=O) groups excluding carboxylic acids is 1. The zero-order chi connectivity index (χ0) is 18.8. The Labute approximate surface area is 156 Å². The molecule has 0 aliphatic rings. The van der Waals surface area contributed by atoms with Crippen LogP contribution in [0.5, 0.6) is 0 Å². The van der Waals surface area contributed by atoms with Gasteiger partial charge in [-0.05, 0) is 17.4 Å². The minimum Gasteiger partial charge on any atom is -0.480 e. The summed E-state index contributed by atoms with van der Waals surface area (Å²) in [5.41, 5.74) is 0.490. The van der Waals surface area contributed by atoms with E-state index in [1.165, 1.54) is 33.6 Å². The topological polar surface area (TPSA) is 101 Å². The van der Waals surface area contributed by atoms with Gasteiger partial charge in [0.1, 0.15) is 17.4 Å². The van der Waals surface area contributed by atoms with Gasteiger partial charge in [-0.25, -0.2) is 9.78 Å². The maximum Gasteiger partial charge on any atom is 0.326 e. The van der Waals surface area contributed by atoms with E-state index in [1.807, 2.05) is 22.9 Å². The van der Waals surface area contributed by atoms with Crippen molar-refractivity contribution in [2.24, 2.45) is 5.92 Å². The first-order valence-electron chi connectivity index (χ1n) is 7.91. The summed E-state index contributed by atoms with van der Waals surface area (Å²) >= 11 is 2.90. The summed E-state index contributed by atoms with van der Waals surface area (Å²) < 4.78 is 1.21. The van der Waals surface area contributed by atoms with Crippen LogP contribution in [0.15, 0.2) is 34.0 Å². The van der Waals surface area contributed by atoms with Gasteiger partial charge in [0.25, 0.3) is 5.56 Å². The molecule has 0 radical (unpaired) electrons. The maximum absolute atomic E-state index is 12.8. The van der Waals surface area contributed by atoms with E-state index in [-0.39, 0.29) is 18.0 Å². The van der Waals surface area contributed by atoms with E-state index in [0.717, 1.165) is 10.4 Å². The molecule has 1 atom stereocenters. The smallest absolute Gasteiger partial charge is 0.326 e. The second-order valence-corrected chi connectivity index (χ2v) is 7.92. The fourth-order valence-electron chi connectivity index (χ4n) is 2.58. The van der Waals surface area contributed by atoms with Gasteiger partial charge in [-0.3, -0.25) is 14.2 Å². The van der Waals surface area contributed by atoms with Crippen LogP contribution in [0.2, 0.25) is 0 Å². The summed E-state index contributed by atoms with van der Waals surface area (Å²) in [6, 6.07) is 2.83. The van der Waals surface area contributed by atoms with Crippen LogP contribution in [0.1, 0.15) is 13.8 Å². The van der Waals surface area contributed by atoms with Crippen LogP contribution in [-0.4, -0.2) is 32.6 Å². The third-order valence-electron chi connectivity index (χ3n) is 3.91. The first-order valence-corrected chi connectivity index (χ1v) is 9.67. The number of amides is 1. The quantitative estimate of drug-likeness (QED) is 0.672. The van der Waals surface area contributed by atoms with E-state index in [9.17, 15) is 19.5 Å². The predicted octanol–water partition coefficient (Wildman–Crippen LogP) is 2.41. The second kappa shape index (κ2) is 7.38. The predicted molar refractivity (Wildman–Crippen MR) is 102 cm³/mol. The van der Waals surface area contributed by atoms with E-state index in [0.29, 0.717) is 10.2 Å². The van der Waals surface area contributed by atoms with Gasteiger partial charge in [-0.15, -0.1) is 22.7 Å². The minimum atomic E-state index is -1.10. The second-order valence-electron chi connectivity index (χ2n) is 6.11. The molecule has 3 aromatic heterocycles. The van der Waals surface area contributed by atoms with Crippen molar-refractivity contribution in [1.82, 2.24) is 14.9 Å². The van der Waals surface area contributed by atoms with E-state index in [4.69, 9.17) is 0 Å². The molecular weight excluding hydrogens is 374 g/mol. The molecule has 7 nitrogen and oxygen atoms in total. The lowest BCUT2D eigenvalue weighted by molar-refractivity contribution is -0.143. The Morgan fingerprint density at radius 1 is 1.35 bits per heavy atom. The number of hydrogen-bond acceptors (Lipinski definition) is 6. The van der Waals surface area contributed by atoms with Crippen LogP contribution in [0.3, 0.4) is 0 Å². The zero-order valence-corrected chi connectivity index (χ0v) is 15.8. The zero-order valence-electron chi connectivity index (χ0n) is 14.1. The number of aliphatic carboxylic acids is 1. The molecule has 0 aliphatic carbocycles. The van der Waals surface area contributed by atoms with E-state index in [2.05, 4.69) is 10.3 Å².